The normalized spacial score (nSPS) is 22.1. The lowest BCUT2D eigenvalue weighted by molar-refractivity contribution is 0.171. The van der Waals surface area contributed by atoms with Crippen LogP contribution in [0.25, 0.3) is 0 Å². The summed E-state index contributed by atoms with van der Waals surface area (Å²) in [4.78, 5) is 2.54. The van der Waals surface area contributed by atoms with E-state index in [4.69, 9.17) is 0 Å². The molecule has 1 fully saturated rings. The fraction of sp³-hybridized carbons (Fsp3) is 0.765. The van der Waals surface area contributed by atoms with Gasteiger partial charge in [-0.2, -0.15) is 0 Å². The molecule has 2 atom stereocenters. The molecule has 1 aromatic rings. The van der Waals surface area contributed by atoms with Gasteiger partial charge in [0.15, 0.2) is 0 Å². The van der Waals surface area contributed by atoms with Crippen LogP contribution in [0.2, 0.25) is 0 Å². The maximum atomic E-state index is 3.42. The number of nitrogens with zero attached hydrogens (tertiary/aromatic N) is 2. The molecule has 1 saturated heterocycles. The molecular formula is C17H31N3. The van der Waals surface area contributed by atoms with Crippen LogP contribution in [0.5, 0.6) is 0 Å². The van der Waals surface area contributed by atoms with Crippen molar-refractivity contribution in [2.24, 2.45) is 0 Å². The fourth-order valence-electron chi connectivity index (χ4n) is 3.38. The van der Waals surface area contributed by atoms with E-state index >= 15 is 0 Å². The highest BCUT2D eigenvalue weighted by atomic mass is 15.1. The third kappa shape index (κ3) is 4.10. The van der Waals surface area contributed by atoms with Crippen LogP contribution in [-0.4, -0.2) is 36.1 Å². The number of nitrogens with one attached hydrogen (secondary N) is 1. The van der Waals surface area contributed by atoms with Gasteiger partial charge in [-0.15, -0.1) is 0 Å². The Labute approximate surface area is 124 Å². The first-order valence-electron chi connectivity index (χ1n) is 8.27. The third-order valence-corrected chi connectivity index (χ3v) is 4.74. The summed E-state index contributed by atoms with van der Waals surface area (Å²) < 4.78 is 2.37. The number of rotatable bonds is 7. The van der Waals surface area contributed by atoms with Gasteiger partial charge in [0.1, 0.15) is 0 Å². The lowest BCUT2D eigenvalue weighted by Crippen LogP contribution is -2.36. The number of piperidine rings is 1. The zero-order valence-corrected chi connectivity index (χ0v) is 13.4. The molecule has 2 rings (SSSR count). The number of hydrogen-bond donors (Lipinski definition) is 1. The summed E-state index contributed by atoms with van der Waals surface area (Å²) in [7, 11) is 4.35. The van der Waals surface area contributed by atoms with E-state index in [9.17, 15) is 0 Å². The maximum Gasteiger partial charge on any atom is 0.0332 e. The molecule has 0 bridgehead atoms. The summed E-state index contributed by atoms with van der Waals surface area (Å²) in [6.07, 6.45) is 12.5. The molecule has 0 saturated carbocycles. The van der Waals surface area contributed by atoms with Crippen molar-refractivity contribution < 1.29 is 0 Å². The Morgan fingerprint density at radius 3 is 2.95 bits per heavy atom. The quantitative estimate of drug-likeness (QED) is 0.824. The summed E-state index contributed by atoms with van der Waals surface area (Å²) >= 11 is 0. The third-order valence-electron chi connectivity index (χ3n) is 4.74. The van der Waals surface area contributed by atoms with E-state index in [1.54, 1.807) is 0 Å². The van der Waals surface area contributed by atoms with Crippen LogP contribution in [0, 0.1) is 0 Å². The SMILES string of the molecule is CCCC(NC)c1ccn(CCC2CCCCN2C)c1. The lowest BCUT2D eigenvalue weighted by Gasteiger charge is -2.32. The van der Waals surface area contributed by atoms with Crippen molar-refractivity contribution in [3.05, 3.63) is 24.0 Å². The van der Waals surface area contributed by atoms with E-state index in [-0.39, 0.29) is 0 Å². The van der Waals surface area contributed by atoms with Gasteiger partial charge in [0.05, 0.1) is 0 Å². The molecule has 3 heteroatoms. The van der Waals surface area contributed by atoms with E-state index in [2.05, 4.69) is 54.3 Å². The molecule has 0 amide bonds. The second-order valence-corrected chi connectivity index (χ2v) is 6.23. The molecule has 0 radical (unpaired) electrons. The van der Waals surface area contributed by atoms with E-state index in [0.717, 1.165) is 12.6 Å². The first-order valence-corrected chi connectivity index (χ1v) is 8.27. The molecule has 2 unspecified atom stereocenters. The predicted octanol–water partition coefficient (Wildman–Crippen LogP) is 3.42. The number of likely N-dealkylation sites (tertiary alicyclic amines) is 1. The minimum Gasteiger partial charge on any atom is -0.354 e. The Hall–Kier alpha value is -0.800. The van der Waals surface area contributed by atoms with Gasteiger partial charge < -0.3 is 14.8 Å². The number of aromatic nitrogens is 1. The van der Waals surface area contributed by atoms with E-state index < -0.39 is 0 Å². The van der Waals surface area contributed by atoms with Crippen LogP contribution in [0.1, 0.15) is 57.1 Å². The first kappa shape index (κ1) is 15.6. The first-order chi connectivity index (χ1) is 9.74. The van der Waals surface area contributed by atoms with Gasteiger partial charge in [-0.25, -0.2) is 0 Å². The highest BCUT2D eigenvalue weighted by molar-refractivity contribution is 5.15. The van der Waals surface area contributed by atoms with Crippen LogP contribution >= 0.6 is 0 Å². The van der Waals surface area contributed by atoms with Crippen LogP contribution in [0.4, 0.5) is 0 Å². The molecule has 1 aromatic heterocycles. The number of aryl methyl sites for hydroxylation is 1. The average molecular weight is 277 g/mol. The molecule has 0 spiro atoms. The minimum absolute atomic E-state index is 0.513. The molecule has 1 aliphatic heterocycles. The van der Waals surface area contributed by atoms with Crippen molar-refractivity contribution in [2.75, 3.05) is 20.6 Å². The van der Waals surface area contributed by atoms with Gasteiger partial charge in [0, 0.05) is 31.0 Å². The van der Waals surface area contributed by atoms with Crippen molar-refractivity contribution in [1.29, 1.82) is 0 Å². The summed E-state index contributed by atoms with van der Waals surface area (Å²) in [5.74, 6) is 0. The Balaban J connectivity index is 1.85. The van der Waals surface area contributed by atoms with Crippen LogP contribution in [0.15, 0.2) is 18.5 Å². The Bertz CT molecular complexity index is 385. The van der Waals surface area contributed by atoms with E-state index in [1.807, 2.05) is 0 Å². The molecule has 20 heavy (non-hydrogen) atoms. The van der Waals surface area contributed by atoms with Crippen LogP contribution < -0.4 is 5.32 Å². The predicted molar refractivity (Wildman–Crippen MR) is 86.0 cm³/mol. The van der Waals surface area contributed by atoms with E-state index in [0.29, 0.717) is 6.04 Å². The average Bonchev–Trinajstić information content (AvgIpc) is 2.92. The Morgan fingerprint density at radius 2 is 2.25 bits per heavy atom. The molecule has 1 N–H and O–H groups in total. The Kier molecular flexibility index (Phi) is 6.11. The van der Waals surface area contributed by atoms with Crippen molar-refractivity contribution in [3.8, 4) is 0 Å². The zero-order valence-electron chi connectivity index (χ0n) is 13.4. The minimum atomic E-state index is 0.513. The Morgan fingerprint density at radius 1 is 1.40 bits per heavy atom. The molecule has 2 heterocycles. The summed E-state index contributed by atoms with van der Waals surface area (Å²) in [6.45, 7) is 4.68. The van der Waals surface area contributed by atoms with Crippen molar-refractivity contribution in [2.45, 2.75) is 64.1 Å². The summed E-state index contributed by atoms with van der Waals surface area (Å²) in [5.41, 5.74) is 1.44. The monoisotopic (exact) mass is 277 g/mol. The molecule has 114 valence electrons. The van der Waals surface area contributed by atoms with Gasteiger partial charge >= 0.3 is 0 Å². The van der Waals surface area contributed by atoms with Gasteiger partial charge in [-0.1, -0.05) is 19.8 Å². The van der Waals surface area contributed by atoms with Crippen LogP contribution in [-0.2, 0) is 6.54 Å². The lowest BCUT2D eigenvalue weighted by atomic mass is 10.0. The smallest absolute Gasteiger partial charge is 0.0332 e. The van der Waals surface area contributed by atoms with Gasteiger partial charge in [0.2, 0.25) is 0 Å². The molecule has 1 aliphatic rings. The summed E-state index contributed by atoms with van der Waals surface area (Å²) in [6, 6.07) is 3.57. The largest absolute Gasteiger partial charge is 0.354 e. The molecular weight excluding hydrogens is 246 g/mol. The van der Waals surface area contributed by atoms with Crippen molar-refractivity contribution >= 4 is 0 Å². The fourth-order valence-corrected chi connectivity index (χ4v) is 3.38. The van der Waals surface area contributed by atoms with Gasteiger partial charge in [0.25, 0.3) is 0 Å². The zero-order chi connectivity index (χ0) is 14.4. The van der Waals surface area contributed by atoms with Gasteiger partial charge in [-0.3, -0.25) is 0 Å². The summed E-state index contributed by atoms with van der Waals surface area (Å²) in [5, 5.41) is 3.42. The topological polar surface area (TPSA) is 20.2 Å². The highest BCUT2D eigenvalue weighted by Gasteiger charge is 2.18. The molecule has 0 aliphatic carbocycles. The molecule has 3 nitrogen and oxygen atoms in total. The van der Waals surface area contributed by atoms with E-state index in [1.165, 1.54) is 50.6 Å². The van der Waals surface area contributed by atoms with Crippen molar-refractivity contribution in [3.63, 3.8) is 0 Å². The standard InChI is InChI=1S/C17H31N3/c1-4-7-17(18-2)15-9-12-20(14-15)13-10-16-8-5-6-11-19(16)3/h9,12,14,16-18H,4-8,10-11,13H2,1-3H3. The second kappa shape index (κ2) is 7.84. The second-order valence-electron chi connectivity index (χ2n) is 6.23. The number of hydrogen-bond acceptors (Lipinski definition) is 2. The van der Waals surface area contributed by atoms with Crippen molar-refractivity contribution in [1.82, 2.24) is 14.8 Å². The highest BCUT2D eigenvalue weighted by Crippen LogP contribution is 2.21. The molecule has 0 aromatic carbocycles. The van der Waals surface area contributed by atoms with Gasteiger partial charge in [-0.05, 0) is 58.0 Å². The maximum absolute atomic E-state index is 3.42. The van der Waals surface area contributed by atoms with Crippen LogP contribution in [0.3, 0.4) is 0 Å².